The Morgan fingerprint density at radius 3 is 2.94 bits per heavy atom. The summed E-state index contributed by atoms with van der Waals surface area (Å²) in [6.07, 6.45) is 14.5. The van der Waals surface area contributed by atoms with Gasteiger partial charge in [0.05, 0.1) is 11.6 Å². The third-order valence-electron chi connectivity index (χ3n) is 5.73. The first-order valence-corrected chi connectivity index (χ1v) is 11.3. The number of fused-ring (bicyclic) bond motifs is 2. The smallest absolute Gasteiger partial charge is 0.158 e. The molecule has 2 aromatic rings. The van der Waals surface area contributed by atoms with E-state index < -0.39 is 5.60 Å². The second-order valence-corrected chi connectivity index (χ2v) is 9.24. The lowest BCUT2D eigenvalue weighted by molar-refractivity contribution is 0.00537. The van der Waals surface area contributed by atoms with Gasteiger partial charge in [-0.3, -0.25) is 4.99 Å². The van der Waals surface area contributed by atoms with E-state index in [9.17, 15) is 5.11 Å². The standard InChI is InChI=1S/C25H28N6O3/c1-16-10-17(4-7-22(16)34-19-8-9-31-23(12-19)27-15-29-31)30-24-20-11-18(33-13-25(2,3)32)5-6-21(20)26-14-28-24/h4-5,8-12,14-15,21-22,32H,6-7,13H2,1-3H3,(H,26,28,30). The number of ether oxygens (including phenoxy) is 2. The van der Waals surface area contributed by atoms with Gasteiger partial charge in [-0.2, -0.15) is 5.10 Å². The summed E-state index contributed by atoms with van der Waals surface area (Å²) in [7, 11) is 0. The number of rotatable bonds is 6. The predicted molar refractivity (Wildman–Crippen MR) is 130 cm³/mol. The molecule has 9 heteroatoms. The van der Waals surface area contributed by atoms with Gasteiger partial charge in [0.15, 0.2) is 5.65 Å². The van der Waals surface area contributed by atoms with Gasteiger partial charge in [-0.1, -0.05) is 6.08 Å². The molecule has 9 nitrogen and oxygen atoms in total. The summed E-state index contributed by atoms with van der Waals surface area (Å²) in [4.78, 5) is 13.2. The molecular formula is C25H28N6O3. The minimum atomic E-state index is -0.898. The molecule has 0 bridgehead atoms. The molecule has 0 fully saturated rings. The molecule has 3 heterocycles. The molecule has 2 N–H and O–H groups in total. The van der Waals surface area contributed by atoms with Crippen molar-refractivity contribution in [1.82, 2.24) is 19.9 Å². The normalized spacial score (nSPS) is 22.2. The minimum Gasteiger partial charge on any atom is -0.491 e. The number of aliphatic imine (C=N–C) groups is 2. The van der Waals surface area contributed by atoms with Crippen molar-refractivity contribution in [2.24, 2.45) is 9.98 Å². The molecule has 3 aliphatic rings. The molecule has 0 spiro atoms. The topological polar surface area (TPSA) is 106 Å². The Hall–Kier alpha value is -3.72. The van der Waals surface area contributed by atoms with Crippen LogP contribution in [0.3, 0.4) is 0 Å². The van der Waals surface area contributed by atoms with Gasteiger partial charge in [-0.05, 0) is 57.1 Å². The van der Waals surface area contributed by atoms with Gasteiger partial charge in [-0.25, -0.2) is 14.5 Å². The molecular weight excluding hydrogens is 432 g/mol. The molecule has 0 aromatic carbocycles. The van der Waals surface area contributed by atoms with Gasteiger partial charge in [0, 0.05) is 30.0 Å². The van der Waals surface area contributed by atoms with Crippen molar-refractivity contribution in [3.63, 3.8) is 0 Å². The lowest BCUT2D eigenvalue weighted by Gasteiger charge is -2.28. The fraction of sp³-hybridized carbons (Fsp3) is 0.360. The SMILES string of the molecule is CC1=CC(NC2=NC=NC3CC=C(OCC(C)(C)O)C=C23)=CCC1Oc1ccn2ncnc2c1. The number of aromatic nitrogens is 3. The first kappa shape index (κ1) is 22.1. The fourth-order valence-corrected chi connectivity index (χ4v) is 3.96. The molecule has 0 radical (unpaired) electrons. The average molecular weight is 461 g/mol. The maximum absolute atomic E-state index is 9.96. The summed E-state index contributed by atoms with van der Waals surface area (Å²) in [5.74, 6) is 2.24. The number of hydrogen-bond donors (Lipinski definition) is 2. The van der Waals surface area contributed by atoms with Crippen molar-refractivity contribution >= 4 is 17.8 Å². The van der Waals surface area contributed by atoms with Crippen LogP contribution in [-0.4, -0.2) is 56.2 Å². The zero-order valence-corrected chi connectivity index (χ0v) is 19.5. The molecule has 0 saturated carbocycles. The summed E-state index contributed by atoms with van der Waals surface area (Å²) in [5.41, 5.74) is 2.90. The first-order chi connectivity index (χ1) is 16.3. The summed E-state index contributed by atoms with van der Waals surface area (Å²) in [6.45, 7) is 5.72. The van der Waals surface area contributed by atoms with E-state index >= 15 is 0 Å². The molecule has 0 amide bonds. The fourth-order valence-electron chi connectivity index (χ4n) is 3.96. The van der Waals surface area contributed by atoms with Gasteiger partial charge < -0.3 is 19.9 Å². The van der Waals surface area contributed by atoms with Crippen LogP contribution >= 0.6 is 0 Å². The lowest BCUT2D eigenvalue weighted by Crippen LogP contribution is -2.34. The molecule has 5 rings (SSSR count). The predicted octanol–water partition coefficient (Wildman–Crippen LogP) is 3.11. The van der Waals surface area contributed by atoms with Gasteiger partial charge in [0.2, 0.25) is 0 Å². The van der Waals surface area contributed by atoms with Crippen molar-refractivity contribution in [2.45, 2.75) is 51.4 Å². The molecule has 2 atom stereocenters. The zero-order valence-electron chi connectivity index (χ0n) is 19.5. The first-order valence-electron chi connectivity index (χ1n) is 11.3. The average Bonchev–Trinajstić information content (AvgIpc) is 3.27. The number of nitrogens with zero attached hydrogens (tertiary/aromatic N) is 5. The Balaban J connectivity index is 1.25. The summed E-state index contributed by atoms with van der Waals surface area (Å²) in [5, 5.41) is 17.5. The largest absolute Gasteiger partial charge is 0.491 e. The van der Waals surface area contributed by atoms with Crippen LogP contribution < -0.4 is 10.1 Å². The highest BCUT2D eigenvalue weighted by atomic mass is 16.5. The summed E-state index contributed by atoms with van der Waals surface area (Å²) in [6, 6.07) is 3.78. The van der Waals surface area contributed by atoms with Gasteiger partial charge >= 0.3 is 0 Å². The third-order valence-corrected chi connectivity index (χ3v) is 5.73. The van der Waals surface area contributed by atoms with E-state index in [1.807, 2.05) is 30.5 Å². The van der Waals surface area contributed by atoms with Crippen LogP contribution in [0.4, 0.5) is 0 Å². The zero-order chi connectivity index (χ0) is 23.7. The maximum Gasteiger partial charge on any atom is 0.158 e. The van der Waals surface area contributed by atoms with Crippen molar-refractivity contribution in [1.29, 1.82) is 0 Å². The Bertz CT molecular complexity index is 1280. The van der Waals surface area contributed by atoms with Crippen molar-refractivity contribution < 1.29 is 14.6 Å². The second kappa shape index (κ2) is 8.90. The van der Waals surface area contributed by atoms with Crippen molar-refractivity contribution in [2.75, 3.05) is 6.61 Å². The maximum atomic E-state index is 9.96. The highest BCUT2D eigenvalue weighted by Gasteiger charge is 2.26. The van der Waals surface area contributed by atoms with Crippen LogP contribution in [-0.2, 0) is 4.74 Å². The van der Waals surface area contributed by atoms with E-state index in [-0.39, 0.29) is 18.8 Å². The number of amidine groups is 1. The van der Waals surface area contributed by atoms with Crippen LogP contribution in [0.1, 0.15) is 33.6 Å². The van der Waals surface area contributed by atoms with E-state index in [0.717, 1.165) is 52.7 Å². The van der Waals surface area contributed by atoms with Crippen LogP contribution in [0, 0.1) is 0 Å². The van der Waals surface area contributed by atoms with Crippen molar-refractivity contribution in [3.05, 3.63) is 71.6 Å². The lowest BCUT2D eigenvalue weighted by atomic mass is 9.95. The molecule has 2 aromatic heterocycles. The number of nitrogens with one attached hydrogen (secondary N) is 1. The minimum absolute atomic E-state index is 0.00640. The molecule has 0 saturated heterocycles. The van der Waals surface area contributed by atoms with Crippen molar-refractivity contribution in [3.8, 4) is 5.75 Å². The Labute approximate surface area is 197 Å². The molecule has 2 unspecified atom stereocenters. The van der Waals surface area contributed by atoms with E-state index in [1.165, 1.54) is 6.33 Å². The van der Waals surface area contributed by atoms with E-state index in [2.05, 4.69) is 44.5 Å². The van der Waals surface area contributed by atoms with E-state index in [4.69, 9.17) is 9.47 Å². The molecule has 1 aliphatic heterocycles. The van der Waals surface area contributed by atoms with Crippen LogP contribution in [0.15, 0.2) is 81.5 Å². The van der Waals surface area contributed by atoms with Crippen LogP contribution in [0.25, 0.3) is 5.65 Å². The Morgan fingerprint density at radius 1 is 1.24 bits per heavy atom. The summed E-state index contributed by atoms with van der Waals surface area (Å²) >= 11 is 0. The third kappa shape index (κ3) is 4.94. The van der Waals surface area contributed by atoms with E-state index in [1.54, 1.807) is 24.7 Å². The number of pyridine rings is 1. The summed E-state index contributed by atoms with van der Waals surface area (Å²) < 4.78 is 13.7. The van der Waals surface area contributed by atoms with Crippen LogP contribution in [0.2, 0.25) is 0 Å². The number of hydrogen-bond acceptors (Lipinski definition) is 8. The molecule has 176 valence electrons. The monoisotopic (exact) mass is 460 g/mol. The number of allylic oxidation sites excluding steroid dienone is 2. The molecule has 34 heavy (non-hydrogen) atoms. The second-order valence-electron chi connectivity index (χ2n) is 9.24. The van der Waals surface area contributed by atoms with Crippen LogP contribution in [0.5, 0.6) is 5.75 Å². The highest BCUT2D eigenvalue weighted by Crippen LogP contribution is 2.27. The van der Waals surface area contributed by atoms with Gasteiger partial charge in [0.25, 0.3) is 0 Å². The highest BCUT2D eigenvalue weighted by molar-refractivity contribution is 6.06. The van der Waals surface area contributed by atoms with E-state index in [0.29, 0.717) is 0 Å². The Morgan fingerprint density at radius 2 is 2.12 bits per heavy atom. The quantitative estimate of drug-likeness (QED) is 0.686. The number of aliphatic hydroxyl groups is 1. The van der Waals surface area contributed by atoms with Gasteiger partial charge in [-0.15, -0.1) is 0 Å². The van der Waals surface area contributed by atoms with Gasteiger partial charge in [0.1, 0.15) is 42.7 Å². The molecule has 2 aliphatic carbocycles. The Kier molecular flexibility index (Phi) is 5.79.